The van der Waals surface area contributed by atoms with E-state index in [2.05, 4.69) is 13.8 Å². The van der Waals surface area contributed by atoms with Crippen molar-refractivity contribution in [2.75, 3.05) is 0 Å². The summed E-state index contributed by atoms with van der Waals surface area (Å²) in [6.45, 7) is 7.76. The highest BCUT2D eigenvalue weighted by Crippen LogP contribution is 2.32. The van der Waals surface area contributed by atoms with Crippen LogP contribution in [-0.2, 0) is 4.79 Å². The molecule has 18 heavy (non-hydrogen) atoms. The third kappa shape index (κ3) is 3.91. The number of carboxylic acid groups (broad SMARTS) is 1. The summed E-state index contributed by atoms with van der Waals surface area (Å²) in [6.07, 6.45) is -0.374. The number of hydrogen-bond acceptors (Lipinski definition) is 2. The van der Waals surface area contributed by atoms with E-state index in [1.807, 2.05) is 19.1 Å². The summed E-state index contributed by atoms with van der Waals surface area (Å²) in [7, 11) is 0. The lowest BCUT2D eigenvalue weighted by molar-refractivity contribution is -0.138. The number of aryl methyl sites for hydroxylation is 1. The summed E-state index contributed by atoms with van der Waals surface area (Å²) in [5, 5.41) is 9.44. The van der Waals surface area contributed by atoms with E-state index >= 15 is 0 Å². The van der Waals surface area contributed by atoms with E-state index in [4.69, 9.17) is 21.4 Å². The number of benzene rings is 1. The molecule has 1 N–H and O–H groups in total. The van der Waals surface area contributed by atoms with E-state index in [1.54, 1.807) is 6.92 Å². The molecule has 0 spiro atoms. The van der Waals surface area contributed by atoms with Gasteiger partial charge >= 0.3 is 5.97 Å². The van der Waals surface area contributed by atoms with Crippen LogP contribution < -0.4 is 4.74 Å². The van der Waals surface area contributed by atoms with Crippen LogP contribution in [0.4, 0.5) is 0 Å². The normalized spacial score (nSPS) is 12.6. The van der Waals surface area contributed by atoms with Crippen LogP contribution in [0.5, 0.6) is 5.75 Å². The maximum Gasteiger partial charge on any atom is 0.307 e. The third-order valence-electron chi connectivity index (χ3n) is 2.71. The molecule has 1 aromatic carbocycles. The Bertz CT molecular complexity index is 441. The van der Waals surface area contributed by atoms with Crippen LogP contribution in [0.2, 0.25) is 5.02 Å². The van der Waals surface area contributed by atoms with Gasteiger partial charge in [-0.1, -0.05) is 25.4 Å². The minimum absolute atomic E-state index is 0.0148. The lowest BCUT2D eigenvalue weighted by Gasteiger charge is -2.18. The highest BCUT2D eigenvalue weighted by Gasteiger charge is 2.14. The Labute approximate surface area is 113 Å². The van der Waals surface area contributed by atoms with E-state index in [1.165, 1.54) is 0 Å². The highest BCUT2D eigenvalue weighted by molar-refractivity contribution is 6.31. The van der Waals surface area contributed by atoms with Crippen molar-refractivity contribution < 1.29 is 14.6 Å². The first-order valence-corrected chi connectivity index (χ1v) is 6.37. The highest BCUT2D eigenvalue weighted by atomic mass is 35.5. The molecule has 0 fully saturated rings. The summed E-state index contributed by atoms with van der Waals surface area (Å²) >= 11 is 6.17. The molecule has 0 radical (unpaired) electrons. The SMILES string of the molecule is Cc1cc(Cl)c(C(C)C)cc1O[C@H](C)CC(=O)O. The second kappa shape index (κ2) is 6.10. The minimum Gasteiger partial charge on any atom is -0.490 e. The molecule has 1 atom stereocenters. The summed E-state index contributed by atoms with van der Waals surface area (Å²) in [6, 6.07) is 3.76. The molecule has 0 saturated heterocycles. The second-order valence-electron chi connectivity index (χ2n) is 4.82. The van der Waals surface area contributed by atoms with Crippen molar-refractivity contribution >= 4 is 17.6 Å². The van der Waals surface area contributed by atoms with Crippen molar-refractivity contribution in [3.8, 4) is 5.75 Å². The van der Waals surface area contributed by atoms with Gasteiger partial charge in [-0.3, -0.25) is 4.79 Å². The van der Waals surface area contributed by atoms with Gasteiger partial charge in [0.05, 0.1) is 6.42 Å². The smallest absolute Gasteiger partial charge is 0.307 e. The summed E-state index contributed by atoms with van der Waals surface area (Å²) in [5.41, 5.74) is 1.93. The Hall–Kier alpha value is -1.22. The fourth-order valence-electron chi connectivity index (χ4n) is 1.74. The number of carboxylic acids is 1. The zero-order valence-electron chi connectivity index (χ0n) is 11.2. The first kappa shape index (κ1) is 14.8. The van der Waals surface area contributed by atoms with Gasteiger partial charge in [0, 0.05) is 5.02 Å². The van der Waals surface area contributed by atoms with Gasteiger partial charge in [-0.05, 0) is 43.0 Å². The Morgan fingerprint density at radius 1 is 1.39 bits per heavy atom. The monoisotopic (exact) mass is 270 g/mol. The molecular formula is C14H19ClO3. The van der Waals surface area contributed by atoms with Crippen molar-refractivity contribution in [1.29, 1.82) is 0 Å². The van der Waals surface area contributed by atoms with Crippen molar-refractivity contribution in [3.05, 3.63) is 28.3 Å². The Morgan fingerprint density at radius 3 is 2.50 bits per heavy atom. The molecule has 3 nitrogen and oxygen atoms in total. The van der Waals surface area contributed by atoms with E-state index in [9.17, 15) is 4.79 Å². The lowest BCUT2D eigenvalue weighted by Crippen LogP contribution is -2.17. The van der Waals surface area contributed by atoms with Crippen LogP contribution in [0.3, 0.4) is 0 Å². The molecule has 4 heteroatoms. The van der Waals surface area contributed by atoms with Crippen molar-refractivity contribution in [2.24, 2.45) is 0 Å². The van der Waals surface area contributed by atoms with Crippen molar-refractivity contribution in [2.45, 2.75) is 46.1 Å². The molecule has 0 heterocycles. The zero-order chi connectivity index (χ0) is 13.9. The fourth-order valence-corrected chi connectivity index (χ4v) is 2.18. The van der Waals surface area contributed by atoms with Crippen LogP contribution in [0, 0.1) is 6.92 Å². The Kier molecular flexibility index (Phi) is 5.03. The number of rotatable bonds is 5. The second-order valence-corrected chi connectivity index (χ2v) is 5.23. The zero-order valence-corrected chi connectivity index (χ0v) is 11.9. The maximum absolute atomic E-state index is 10.6. The first-order valence-electron chi connectivity index (χ1n) is 5.99. The molecule has 1 aromatic rings. The number of ether oxygens (including phenoxy) is 1. The molecule has 0 aliphatic carbocycles. The molecule has 0 aromatic heterocycles. The van der Waals surface area contributed by atoms with Crippen LogP contribution in [0.15, 0.2) is 12.1 Å². The molecule has 1 rings (SSSR count). The number of halogens is 1. The van der Waals surface area contributed by atoms with Gasteiger partial charge in [-0.15, -0.1) is 0 Å². The van der Waals surface area contributed by atoms with Gasteiger partial charge in [0.1, 0.15) is 11.9 Å². The van der Waals surface area contributed by atoms with Crippen LogP contribution in [0.25, 0.3) is 0 Å². The van der Waals surface area contributed by atoms with E-state index in [0.29, 0.717) is 11.7 Å². The predicted molar refractivity (Wildman–Crippen MR) is 72.6 cm³/mol. The van der Waals surface area contributed by atoms with Gasteiger partial charge in [-0.25, -0.2) is 0 Å². The molecule has 100 valence electrons. The van der Waals surface area contributed by atoms with Crippen molar-refractivity contribution in [3.63, 3.8) is 0 Å². The Balaban J connectivity index is 2.95. The average molecular weight is 271 g/mol. The topological polar surface area (TPSA) is 46.5 Å². The fraction of sp³-hybridized carbons (Fsp3) is 0.500. The standard InChI is InChI=1S/C14H19ClO3/c1-8(2)11-7-13(9(3)5-12(11)15)18-10(4)6-14(16)17/h5,7-8,10H,6H2,1-4H3,(H,16,17)/t10-/m1/s1. The molecule has 0 amide bonds. The van der Waals surface area contributed by atoms with Crippen LogP contribution in [-0.4, -0.2) is 17.2 Å². The molecule has 0 aliphatic rings. The molecule has 0 saturated carbocycles. The largest absolute Gasteiger partial charge is 0.490 e. The Morgan fingerprint density at radius 2 is 2.00 bits per heavy atom. The van der Waals surface area contributed by atoms with Gasteiger partial charge in [-0.2, -0.15) is 0 Å². The molecule has 0 aliphatic heterocycles. The maximum atomic E-state index is 10.6. The van der Waals surface area contributed by atoms with Gasteiger partial charge < -0.3 is 9.84 Å². The number of carbonyl (C=O) groups is 1. The first-order chi connectivity index (χ1) is 8.31. The average Bonchev–Trinajstić information content (AvgIpc) is 2.20. The van der Waals surface area contributed by atoms with E-state index in [0.717, 1.165) is 16.1 Å². The summed E-state index contributed by atoms with van der Waals surface area (Å²) < 4.78 is 5.66. The molecule has 0 bridgehead atoms. The van der Waals surface area contributed by atoms with Crippen LogP contribution >= 0.6 is 11.6 Å². The predicted octanol–water partition coefficient (Wildman–Crippen LogP) is 4.01. The van der Waals surface area contributed by atoms with E-state index in [-0.39, 0.29) is 12.5 Å². The van der Waals surface area contributed by atoms with Gasteiger partial charge in [0.2, 0.25) is 0 Å². The minimum atomic E-state index is -0.863. The number of hydrogen-bond donors (Lipinski definition) is 1. The van der Waals surface area contributed by atoms with Crippen LogP contribution in [0.1, 0.15) is 44.2 Å². The van der Waals surface area contributed by atoms with E-state index < -0.39 is 5.97 Å². The van der Waals surface area contributed by atoms with Gasteiger partial charge in [0.25, 0.3) is 0 Å². The summed E-state index contributed by atoms with van der Waals surface area (Å²) in [5.74, 6) is 0.144. The lowest BCUT2D eigenvalue weighted by atomic mass is 10.0. The third-order valence-corrected chi connectivity index (χ3v) is 3.03. The summed E-state index contributed by atoms with van der Waals surface area (Å²) in [4.78, 5) is 10.6. The van der Waals surface area contributed by atoms with Gasteiger partial charge in [0.15, 0.2) is 0 Å². The molecular weight excluding hydrogens is 252 g/mol. The quantitative estimate of drug-likeness (QED) is 0.879. The number of aliphatic carboxylic acids is 1. The molecule has 0 unspecified atom stereocenters. The van der Waals surface area contributed by atoms with Crippen molar-refractivity contribution in [1.82, 2.24) is 0 Å².